The van der Waals surface area contributed by atoms with Crippen molar-refractivity contribution in [1.82, 2.24) is 4.98 Å². The third-order valence-electron chi connectivity index (χ3n) is 3.30. The summed E-state index contributed by atoms with van der Waals surface area (Å²) in [6, 6.07) is 13.9. The van der Waals surface area contributed by atoms with Gasteiger partial charge in [0.15, 0.2) is 0 Å². The summed E-state index contributed by atoms with van der Waals surface area (Å²) in [6.07, 6.45) is -0.546. The molecule has 0 amide bonds. The van der Waals surface area contributed by atoms with Crippen LogP contribution in [0.4, 0.5) is 0 Å². The summed E-state index contributed by atoms with van der Waals surface area (Å²) >= 11 is 1.64. The number of benzene rings is 2. The first kappa shape index (κ1) is 14.0. The van der Waals surface area contributed by atoms with Gasteiger partial charge in [-0.3, -0.25) is 0 Å². The fraction of sp³-hybridized carbons (Fsp3) is 0.235. The lowest BCUT2D eigenvalue weighted by molar-refractivity contribution is 0.190. The maximum Gasteiger partial charge on any atom is 0.140 e. The van der Waals surface area contributed by atoms with E-state index >= 15 is 0 Å². The van der Waals surface area contributed by atoms with Crippen LogP contribution in [0.25, 0.3) is 10.2 Å². The number of aromatic nitrogens is 1. The number of thiazole rings is 1. The van der Waals surface area contributed by atoms with Crippen LogP contribution < -0.4 is 4.74 Å². The van der Waals surface area contributed by atoms with Gasteiger partial charge in [0.25, 0.3) is 0 Å². The lowest BCUT2D eigenvalue weighted by Gasteiger charge is -2.13. The van der Waals surface area contributed by atoms with Crippen molar-refractivity contribution >= 4 is 21.6 Å². The average Bonchev–Trinajstić information content (AvgIpc) is 2.88. The summed E-state index contributed by atoms with van der Waals surface area (Å²) < 4.78 is 7.02. The quantitative estimate of drug-likeness (QED) is 0.783. The van der Waals surface area contributed by atoms with Gasteiger partial charge in [-0.2, -0.15) is 0 Å². The Balaban J connectivity index is 1.81. The number of nitrogens with zero attached hydrogens (tertiary/aromatic N) is 1. The van der Waals surface area contributed by atoms with Gasteiger partial charge in [0, 0.05) is 5.56 Å². The van der Waals surface area contributed by atoms with Crippen molar-refractivity contribution in [1.29, 1.82) is 0 Å². The molecule has 1 heterocycles. The number of ether oxygens (including phenoxy) is 1. The van der Waals surface area contributed by atoms with Crippen LogP contribution in [0.5, 0.6) is 5.75 Å². The molecule has 0 radical (unpaired) electrons. The zero-order chi connectivity index (χ0) is 14.8. The molecule has 0 saturated carbocycles. The molecule has 21 heavy (non-hydrogen) atoms. The van der Waals surface area contributed by atoms with Gasteiger partial charge in [-0.05, 0) is 38.1 Å². The van der Waals surface area contributed by atoms with Gasteiger partial charge in [-0.15, -0.1) is 11.3 Å². The third-order valence-corrected chi connectivity index (χ3v) is 4.31. The van der Waals surface area contributed by atoms with Crippen molar-refractivity contribution < 1.29 is 9.84 Å². The van der Waals surface area contributed by atoms with Crippen molar-refractivity contribution in [2.75, 3.05) is 0 Å². The van der Waals surface area contributed by atoms with Crippen LogP contribution in [-0.2, 0) is 6.61 Å². The van der Waals surface area contributed by atoms with E-state index in [0.29, 0.717) is 6.61 Å². The summed E-state index contributed by atoms with van der Waals surface area (Å²) in [5, 5.41) is 10.8. The Labute approximate surface area is 127 Å². The molecule has 2 aromatic carbocycles. The maximum absolute atomic E-state index is 9.85. The van der Waals surface area contributed by atoms with E-state index < -0.39 is 6.10 Å². The van der Waals surface area contributed by atoms with E-state index in [1.54, 1.807) is 18.3 Å². The highest BCUT2D eigenvalue weighted by Gasteiger charge is 2.11. The van der Waals surface area contributed by atoms with Crippen LogP contribution in [0.2, 0.25) is 0 Å². The monoisotopic (exact) mass is 299 g/mol. The predicted molar refractivity (Wildman–Crippen MR) is 85.8 cm³/mol. The number of aliphatic hydroxyl groups is 1. The predicted octanol–water partition coefficient (Wildman–Crippen LogP) is 4.24. The largest absolute Gasteiger partial charge is 0.486 e. The molecule has 0 bridgehead atoms. The molecule has 1 aromatic heterocycles. The second kappa shape index (κ2) is 5.84. The first-order valence-corrected chi connectivity index (χ1v) is 7.71. The molecular formula is C17H17NO2S. The standard InChI is InChI=1S/C17H17NO2S/c1-11-7-8-15(13(9-11)12(2)19)20-10-17-18-14-5-3-4-6-16(14)21-17/h3-9,12,19H,10H2,1-2H3/t12-/m0/s1. The van der Waals surface area contributed by atoms with Gasteiger partial charge in [0.05, 0.1) is 16.3 Å². The Morgan fingerprint density at radius 3 is 2.81 bits per heavy atom. The lowest BCUT2D eigenvalue weighted by atomic mass is 10.1. The van der Waals surface area contributed by atoms with Crippen LogP contribution >= 0.6 is 11.3 Å². The summed E-state index contributed by atoms with van der Waals surface area (Å²) in [7, 11) is 0. The maximum atomic E-state index is 9.85. The highest BCUT2D eigenvalue weighted by atomic mass is 32.1. The normalized spacial score (nSPS) is 12.5. The summed E-state index contributed by atoms with van der Waals surface area (Å²) in [6.45, 7) is 4.17. The molecule has 0 aliphatic heterocycles. The first-order valence-electron chi connectivity index (χ1n) is 6.89. The molecule has 0 saturated heterocycles. The summed E-state index contributed by atoms with van der Waals surface area (Å²) in [5.41, 5.74) is 2.93. The molecule has 0 unspecified atom stereocenters. The van der Waals surface area contributed by atoms with Crippen molar-refractivity contribution in [3.05, 3.63) is 58.6 Å². The fourth-order valence-electron chi connectivity index (χ4n) is 2.25. The summed E-state index contributed by atoms with van der Waals surface area (Å²) in [4.78, 5) is 4.55. The number of hydrogen-bond acceptors (Lipinski definition) is 4. The van der Waals surface area contributed by atoms with E-state index in [1.165, 1.54) is 0 Å². The molecule has 0 aliphatic rings. The molecular weight excluding hydrogens is 282 g/mol. The topological polar surface area (TPSA) is 42.4 Å². The Hall–Kier alpha value is -1.91. The second-order valence-corrected chi connectivity index (χ2v) is 6.20. The fourth-order valence-corrected chi connectivity index (χ4v) is 3.13. The number of fused-ring (bicyclic) bond motifs is 1. The van der Waals surface area contributed by atoms with Crippen molar-refractivity contribution in [3.63, 3.8) is 0 Å². The van der Waals surface area contributed by atoms with E-state index in [9.17, 15) is 5.11 Å². The lowest BCUT2D eigenvalue weighted by Crippen LogP contribution is -2.01. The van der Waals surface area contributed by atoms with Gasteiger partial charge in [-0.25, -0.2) is 4.98 Å². The Kier molecular flexibility index (Phi) is 3.90. The van der Waals surface area contributed by atoms with Crippen LogP contribution in [0.1, 0.15) is 29.2 Å². The molecule has 1 atom stereocenters. The molecule has 1 N–H and O–H groups in total. The number of para-hydroxylation sites is 1. The van der Waals surface area contributed by atoms with Gasteiger partial charge in [0.2, 0.25) is 0 Å². The Morgan fingerprint density at radius 2 is 2.05 bits per heavy atom. The van der Waals surface area contributed by atoms with E-state index in [0.717, 1.165) is 32.1 Å². The number of aliphatic hydroxyl groups excluding tert-OH is 1. The molecule has 3 nitrogen and oxygen atoms in total. The highest BCUT2D eigenvalue weighted by molar-refractivity contribution is 7.18. The zero-order valence-electron chi connectivity index (χ0n) is 12.0. The highest BCUT2D eigenvalue weighted by Crippen LogP contribution is 2.28. The van der Waals surface area contributed by atoms with Crippen LogP contribution in [0, 0.1) is 6.92 Å². The average molecular weight is 299 g/mol. The Bertz CT molecular complexity index is 731. The molecule has 3 aromatic rings. The minimum atomic E-state index is -0.546. The molecule has 108 valence electrons. The molecule has 0 aliphatic carbocycles. The van der Waals surface area contributed by atoms with Gasteiger partial charge < -0.3 is 9.84 Å². The second-order valence-electron chi connectivity index (χ2n) is 5.08. The third kappa shape index (κ3) is 3.06. The van der Waals surface area contributed by atoms with Crippen LogP contribution in [0.3, 0.4) is 0 Å². The smallest absolute Gasteiger partial charge is 0.140 e. The minimum Gasteiger partial charge on any atom is -0.486 e. The van der Waals surface area contributed by atoms with Gasteiger partial charge >= 0.3 is 0 Å². The van der Waals surface area contributed by atoms with Gasteiger partial charge in [-0.1, -0.05) is 23.8 Å². The van der Waals surface area contributed by atoms with E-state index in [2.05, 4.69) is 11.1 Å². The van der Waals surface area contributed by atoms with Crippen molar-refractivity contribution in [3.8, 4) is 5.75 Å². The van der Waals surface area contributed by atoms with E-state index in [-0.39, 0.29) is 0 Å². The summed E-state index contributed by atoms with van der Waals surface area (Å²) in [5.74, 6) is 0.717. The molecule has 0 spiro atoms. The van der Waals surface area contributed by atoms with E-state index in [4.69, 9.17) is 4.74 Å². The minimum absolute atomic E-state index is 0.419. The van der Waals surface area contributed by atoms with Crippen LogP contribution in [0.15, 0.2) is 42.5 Å². The SMILES string of the molecule is Cc1ccc(OCc2nc3ccccc3s2)c([C@H](C)O)c1. The van der Waals surface area contributed by atoms with Crippen LogP contribution in [-0.4, -0.2) is 10.1 Å². The number of hydrogen-bond donors (Lipinski definition) is 1. The number of aryl methyl sites for hydroxylation is 1. The zero-order valence-corrected chi connectivity index (χ0v) is 12.9. The number of rotatable bonds is 4. The van der Waals surface area contributed by atoms with E-state index in [1.807, 2.05) is 43.3 Å². The van der Waals surface area contributed by atoms with Gasteiger partial charge in [0.1, 0.15) is 17.4 Å². The molecule has 0 fully saturated rings. The Morgan fingerprint density at radius 1 is 1.24 bits per heavy atom. The molecule has 4 heteroatoms. The van der Waals surface area contributed by atoms with Crippen molar-refractivity contribution in [2.45, 2.75) is 26.6 Å². The molecule has 3 rings (SSSR count). The first-order chi connectivity index (χ1) is 10.1. The van der Waals surface area contributed by atoms with Crippen molar-refractivity contribution in [2.24, 2.45) is 0 Å².